The lowest BCUT2D eigenvalue weighted by molar-refractivity contribution is -0.141. The second-order valence-corrected chi connectivity index (χ2v) is 5.28. The van der Waals surface area contributed by atoms with Gasteiger partial charge in [-0.05, 0) is 12.8 Å². The topological polar surface area (TPSA) is 78.1 Å². The summed E-state index contributed by atoms with van der Waals surface area (Å²) in [6.45, 7) is 0.554. The first kappa shape index (κ1) is 12.3. The Bertz CT molecular complexity index is 465. The summed E-state index contributed by atoms with van der Waals surface area (Å²) in [5.41, 5.74) is 0.986. The number of imide groups is 1. The first-order chi connectivity index (χ1) is 9.25. The molecule has 1 aromatic heterocycles. The van der Waals surface area contributed by atoms with Crippen molar-refractivity contribution >= 4 is 11.8 Å². The highest BCUT2D eigenvalue weighted by atomic mass is 16.2. The summed E-state index contributed by atoms with van der Waals surface area (Å²) >= 11 is 0. The van der Waals surface area contributed by atoms with E-state index in [1.807, 2.05) is 0 Å². The lowest BCUT2D eigenvalue weighted by atomic mass is 10.2. The van der Waals surface area contributed by atoms with E-state index >= 15 is 0 Å². The molecule has 6 nitrogen and oxygen atoms in total. The first-order valence-electron chi connectivity index (χ1n) is 6.82. The van der Waals surface area contributed by atoms with E-state index in [1.165, 1.54) is 4.90 Å². The number of nitrogens with zero attached hydrogens (tertiary/aromatic N) is 2. The van der Waals surface area contributed by atoms with Crippen LogP contribution in [0.15, 0.2) is 12.4 Å². The van der Waals surface area contributed by atoms with Crippen molar-refractivity contribution in [2.24, 2.45) is 0 Å². The molecule has 0 aromatic carbocycles. The van der Waals surface area contributed by atoms with Crippen LogP contribution in [0.1, 0.15) is 37.7 Å². The summed E-state index contributed by atoms with van der Waals surface area (Å²) < 4.78 is 0. The van der Waals surface area contributed by atoms with Gasteiger partial charge >= 0.3 is 0 Å². The minimum absolute atomic E-state index is 0.0263. The van der Waals surface area contributed by atoms with Gasteiger partial charge in [0.2, 0.25) is 11.8 Å². The number of carbonyl (C=O) groups excluding carboxylic acids is 2. The van der Waals surface area contributed by atoms with Crippen LogP contribution in [0.5, 0.6) is 0 Å². The van der Waals surface area contributed by atoms with Gasteiger partial charge in [0, 0.05) is 24.3 Å². The molecule has 19 heavy (non-hydrogen) atoms. The molecule has 3 rings (SSSR count). The number of carbonyl (C=O) groups is 2. The highest BCUT2D eigenvalue weighted by Gasteiger charge is 2.42. The van der Waals surface area contributed by atoms with Gasteiger partial charge < -0.3 is 5.32 Å². The fourth-order valence-electron chi connectivity index (χ4n) is 2.97. The van der Waals surface area contributed by atoms with Gasteiger partial charge in [-0.3, -0.25) is 19.6 Å². The zero-order valence-electron chi connectivity index (χ0n) is 10.8. The maximum absolute atomic E-state index is 12.3. The quantitative estimate of drug-likeness (QED) is 0.778. The SMILES string of the molecule is O=C1CC(NCc2cn[nH]c2)C(=O)N1C1CCCC1. The van der Waals surface area contributed by atoms with Crippen molar-refractivity contribution in [2.75, 3.05) is 0 Å². The van der Waals surface area contributed by atoms with Crippen molar-refractivity contribution in [3.05, 3.63) is 18.0 Å². The number of hydrogen-bond acceptors (Lipinski definition) is 4. The number of nitrogens with one attached hydrogen (secondary N) is 2. The standard InChI is InChI=1S/C13H18N4O2/c18-12-5-11(14-6-9-7-15-16-8-9)13(19)17(12)10-3-1-2-4-10/h7-8,10-11,14H,1-6H2,(H,15,16). The van der Waals surface area contributed by atoms with Crippen LogP contribution in [-0.4, -0.2) is 39.0 Å². The highest BCUT2D eigenvalue weighted by molar-refractivity contribution is 6.05. The molecule has 6 heteroatoms. The van der Waals surface area contributed by atoms with E-state index in [-0.39, 0.29) is 30.3 Å². The third-order valence-corrected chi connectivity index (χ3v) is 3.98. The predicted molar refractivity (Wildman–Crippen MR) is 67.9 cm³/mol. The molecule has 1 unspecified atom stereocenters. The van der Waals surface area contributed by atoms with Crippen LogP contribution < -0.4 is 5.32 Å². The van der Waals surface area contributed by atoms with Crippen molar-refractivity contribution in [1.29, 1.82) is 0 Å². The second kappa shape index (κ2) is 5.13. The number of aromatic amines is 1. The summed E-state index contributed by atoms with van der Waals surface area (Å²) in [5.74, 6) is -0.0815. The van der Waals surface area contributed by atoms with E-state index in [9.17, 15) is 9.59 Å². The molecular weight excluding hydrogens is 244 g/mol. The number of amides is 2. The Morgan fingerprint density at radius 3 is 2.84 bits per heavy atom. The predicted octanol–water partition coefficient (Wildman–Crippen LogP) is 0.569. The molecule has 102 valence electrons. The summed E-state index contributed by atoms with van der Waals surface area (Å²) in [7, 11) is 0. The Kier molecular flexibility index (Phi) is 3.33. The molecule has 1 saturated carbocycles. The van der Waals surface area contributed by atoms with Crippen LogP contribution in [0.4, 0.5) is 0 Å². The molecule has 0 spiro atoms. The maximum Gasteiger partial charge on any atom is 0.247 e. The van der Waals surface area contributed by atoms with Crippen molar-refractivity contribution in [1.82, 2.24) is 20.4 Å². The summed E-state index contributed by atoms with van der Waals surface area (Å²) in [6, 6.07) is -0.233. The van der Waals surface area contributed by atoms with Gasteiger partial charge in [0.15, 0.2) is 0 Å². The van der Waals surface area contributed by atoms with E-state index in [4.69, 9.17) is 0 Å². The van der Waals surface area contributed by atoms with Gasteiger partial charge in [-0.25, -0.2) is 0 Å². The average molecular weight is 262 g/mol. The smallest absolute Gasteiger partial charge is 0.247 e. The molecule has 2 N–H and O–H groups in total. The fraction of sp³-hybridized carbons (Fsp3) is 0.615. The van der Waals surface area contributed by atoms with Gasteiger partial charge in [0.05, 0.1) is 18.7 Å². The van der Waals surface area contributed by atoms with Crippen LogP contribution in [0.3, 0.4) is 0 Å². The Morgan fingerprint density at radius 2 is 2.16 bits per heavy atom. The lowest BCUT2D eigenvalue weighted by Crippen LogP contribution is -2.42. The van der Waals surface area contributed by atoms with E-state index < -0.39 is 0 Å². The van der Waals surface area contributed by atoms with Gasteiger partial charge in [-0.1, -0.05) is 12.8 Å². The van der Waals surface area contributed by atoms with Crippen LogP contribution >= 0.6 is 0 Å². The largest absolute Gasteiger partial charge is 0.301 e. The molecule has 1 saturated heterocycles. The third kappa shape index (κ3) is 2.40. The van der Waals surface area contributed by atoms with E-state index in [2.05, 4.69) is 15.5 Å². The van der Waals surface area contributed by atoms with Crippen LogP contribution in [-0.2, 0) is 16.1 Å². The fourth-order valence-corrected chi connectivity index (χ4v) is 2.97. The molecule has 2 amide bonds. The number of H-pyrrole nitrogens is 1. The molecular formula is C13H18N4O2. The van der Waals surface area contributed by atoms with Crippen LogP contribution in [0.25, 0.3) is 0 Å². The van der Waals surface area contributed by atoms with E-state index in [0.29, 0.717) is 6.54 Å². The number of rotatable bonds is 4. The average Bonchev–Trinajstić information content (AvgIpc) is 3.09. The van der Waals surface area contributed by atoms with Gasteiger partial charge in [0.1, 0.15) is 0 Å². The van der Waals surface area contributed by atoms with Crippen LogP contribution in [0.2, 0.25) is 0 Å². The van der Waals surface area contributed by atoms with Crippen molar-refractivity contribution < 1.29 is 9.59 Å². The molecule has 1 aliphatic heterocycles. The molecule has 1 aliphatic carbocycles. The molecule has 2 fully saturated rings. The Labute approximate surface area is 111 Å². The Balaban J connectivity index is 1.61. The zero-order valence-corrected chi connectivity index (χ0v) is 10.8. The maximum atomic E-state index is 12.3. The molecule has 0 radical (unpaired) electrons. The van der Waals surface area contributed by atoms with E-state index in [0.717, 1.165) is 31.2 Å². The normalized spacial score (nSPS) is 24.6. The van der Waals surface area contributed by atoms with Gasteiger partial charge in [-0.15, -0.1) is 0 Å². The van der Waals surface area contributed by atoms with Crippen molar-refractivity contribution in [3.8, 4) is 0 Å². The molecule has 0 bridgehead atoms. The number of aromatic nitrogens is 2. The van der Waals surface area contributed by atoms with Gasteiger partial charge in [0.25, 0.3) is 0 Å². The zero-order chi connectivity index (χ0) is 13.2. The minimum Gasteiger partial charge on any atom is -0.301 e. The van der Waals surface area contributed by atoms with Crippen molar-refractivity contribution in [2.45, 2.75) is 50.7 Å². The highest BCUT2D eigenvalue weighted by Crippen LogP contribution is 2.28. The minimum atomic E-state index is -0.372. The summed E-state index contributed by atoms with van der Waals surface area (Å²) in [6.07, 6.45) is 7.95. The van der Waals surface area contributed by atoms with Crippen LogP contribution in [0, 0.1) is 0 Å². The van der Waals surface area contributed by atoms with Crippen molar-refractivity contribution in [3.63, 3.8) is 0 Å². The molecule has 2 aliphatic rings. The summed E-state index contributed by atoms with van der Waals surface area (Å²) in [4.78, 5) is 25.8. The molecule has 1 atom stereocenters. The monoisotopic (exact) mass is 262 g/mol. The second-order valence-electron chi connectivity index (χ2n) is 5.28. The first-order valence-corrected chi connectivity index (χ1v) is 6.82. The Morgan fingerprint density at radius 1 is 1.37 bits per heavy atom. The van der Waals surface area contributed by atoms with Gasteiger partial charge in [-0.2, -0.15) is 5.10 Å². The van der Waals surface area contributed by atoms with E-state index in [1.54, 1.807) is 12.4 Å². The third-order valence-electron chi connectivity index (χ3n) is 3.98. The Hall–Kier alpha value is -1.69. The molecule has 1 aromatic rings. The lowest BCUT2D eigenvalue weighted by Gasteiger charge is -2.22. The number of hydrogen-bond donors (Lipinski definition) is 2. The summed E-state index contributed by atoms with van der Waals surface area (Å²) in [5, 5.41) is 9.72. The molecule has 2 heterocycles. The number of likely N-dealkylation sites (tertiary alicyclic amines) is 1.